The molecule has 0 aliphatic carbocycles. The molecule has 0 radical (unpaired) electrons. The van der Waals surface area contributed by atoms with Gasteiger partial charge >= 0.3 is 0 Å². The molecule has 0 aromatic rings. The van der Waals surface area contributed by atoms with E-state index < -0.39 is 0 Å². The summed E-state index contributed by atoms with van der Waals surface area (Å²) in [4.78, 5) is 0. The van der Waals surface area contributed by atoms with Crippen LogP contribution in [0.15, 0.2) is 12.0 Å². The average molecular weight is 101 g/mol. The van der Waals surface area contributed by atoms with Gasteiger partial charge in [-0.25, -0.2) is 0 Å². The number of allylic oxidation sites excluding steroid dienone is 1. The van der Waals surface area contributed by atoms with Crippen LogP contribution in [0.4, 0.5) is 0 Å². The summed E-state index contributed by atoms with van der Waals surface area (Å²) in [6.45, 7) is 1.99. The Bertz CT molecular complexity index is 62.5. The second-order valence-electron chi connectivity index (χ2n) is 1.19. The van der Waals surface area contributed by atoms with E-state index in [0.717, 1.165) is 12.2 Å². The van der Waals surface area contributed by atoms with E-state index in [9.17, 15) is 0 Å². The van der Waals surface area contributed by atoms with E-state index in [4.69, 9.17) is 10.5 Å². The SMILES string of the molecule is CC/C(=C\N)OC. The smallest absolute Gasteiger partial charge is 0.111 e. The van der Waals surface area contributed by atoms with Crippen LogP contribution in [0.5, 0.6) is 0 Å². The van der Waals surface area contributed by atoms with E-state index >= 15 is 0 Å². The maximum atomic E-state index is 5.11. The first-order valence-electron chi connectivity index (χ1n) is 2.30. The van der Waals surface area contributed by atoms with Gasteiger partial charge in [-0.15, -0.1) is 0 Å². The van der Waals surface area contributed by atoms with Crippen molar-refractivity contribution >= 4 is 0 Å². The zero-order valence-electron chi connectivity index (χ0n) is 4.77. The number of hydrogen-bond donors (Lipinski definition) is 1. The maximum absolute atomic E-state index is 5.11. The number of rotatable bonds is 2. The minimum Gasteiger partial charge on any atom is -0.500 e. The summed E-state index contributed by atoms with van der Waals surface area (Å²) in [7, 11) is 1.61. The van der Waals surface area contributed by atoms with E-state index in [-0.39, 0.29) is 0 Å². The normalized spacial score (nSPS) is 11.4. The topological polar surface area (TPSA) is 35.2 Å². The van der Waals surface area contributed by atoms with Crippen molar-refractivity contribution in [2.75, 3.05) is 7.11 Å². The molecular formula is C5H11NO. The predicted octanol–water partition coefficient (Wildman–Crippen LogP) is 0.843. The van der Waals surface area contributed by atoms with Gasteiger partial charge in [-0.05, 0) is 0 Å². The highest BCUT2D eigenvalue weighted by atomic mass is 16.5. The van der Waals surface area contributed by atoms with Crippen LogP contribution in [0.1, 0.15) is 13.3 Å². The summed E-state index contributed by atoms with van der Waals surface area (Å²) >= 11 is 0. The van der Waals surface area contributed by atoms with Crippen molar-refractivity contribution in [1.29, 1.82) is 0 Å². The maximum Gasteiger partial charge on any atom is 0.111 e. The third-order valence-electron chi connectivity index (χ3n) is 0.797. The molecule has 7 heavy (non-hydrogen) atoms. The van der Waals surface area contributed by atoms with Gasteiger partial charge in [0.1, 0.15) is 5.76 Å². The summed E-state index contributed by atoms with van der Waals surface area (Å²) in [5, 5.41) is 0. The van der Waals surface area contributed by atoms with Crippen molar-refractivity contribution in [3.63, 3.8) is 0 Å². The summed E-state index contributed by atoms with van der Waals surface area (Å²) in [5.41, 5.74) is 5.11. The van der Waals surface area contributed by atoms with E-state index in [1.807, 2.05) is 6.92 Å². The molecule has 42 valence electrons. The van der Waals surface area contributed by atoms with Crippen LogP contribution >= 0.6 is 0 Å². The largest absolute Gasteiger partial charge is 0.500 e. The molecular weight excluding hydrogens is 90.1 g/mol. The predicted molar refractivity (Wildman–Crippen MR) is 29.6 cm³/mol. The Hall–Kier alpha value is -0.660. The lowest BCUT2D eigenvalue weighted by Crippen LogP contribution is -1.88. The van der Waals surface area contributed by atoms with Gasteiger partial charge in [0.15, 0.2) is 0 Å². The van der Waals surface area contributed by atoms with Crippen molar-refractivity contribution in [2.24, 2.45) is 5.73 Å². The number of methoxy groups -OCH3 is 1. The Balaban J connectivity index is 3.38. The van der Waals surface area contributed by atoms with Gasteiger partial charge in [-0.1, -0.05) is 6.92 Å². The fourth-order valence-electron chi connectivity index (χ4n) is 0.330. The average Bonchev–Trinajstić information content (AvgIpc) is 1.72. The van der Waals surface area contributed by atoms with Crippen LogP contribution in [0, 0.1) is 0 Å². The third-order valence-corrected chi connectivity index (χ3v) is 0.797. The van der Waals surface area contributed by atoms with E-state index in [1.165, 1.54) is 6.20 Å². The Labute approximate surface area is 44.0 Å². The van der Waals surface area contributed by atoms with Gasteiger partial charge in [0.25, 0.3) is 0 Å². The second-order valence-corrected chi connectivity index (χ2v) is 1.19. The minimum absolute atomic E-state index is 0.833. The van der Waals surface area contributed by atoms with Crippen molar-refractivity contribution in [3.05, 3.63) is 12.0 Å². The second kappa shape index (κ2) is 3.53. The molecule has 0 spiro atoms. The van der Waals surface area contributed by atoms with E-state index in [0.29, 0.717) is 0 Å². The quantitative estimate of drug-likeness (QED) is 0.523. The lowest BCUT2D eigenvalue weighted by molar-refractivity contribution is 0.279. The highest BCUT2D eigenvalue weighted by Crippen LogP contribution is 1.95. The van der Waals surface area contributed by atoms with E-state index in [2.05, 4.69) is 0 Å². The molecule has 0 fully saturated rings. The zero-order chi connectivity index (χ0) is 5.70. The van der Waals surface area contributed by atoms with Gasteiger partial charge in [0.05, 0.1) is 7.11 Å². The minimum atomic E-state index is 0.833. The van der Waals surface area contributed by atoms with Gasteiger partial charge < -0.3 is 10.5 Å². The molecule has 0 atom stereocenters. The Morgan fingerprint density at radius 1 is 1.86 bits per heavy atom. The van der Waals surface area contributed by atoms with Gasteiger partial charge in [-0.2, -0.15) is 0 Å². The van der Waals surface area contributed by atoms with Crippen LogP contribution in [-0.2, 0) is 4.74 Å². The molecule has 0 aliphatic heterocycles. The number of nitrogens with two attached hydrogens (primary N) is 1. The third kappa shape index (κ3) is 2.09. The number of hydrogen-bond acceptors (Lipinski definition) is 2. The molecule has 0 saturated carbocycles. The first-order chi connectivity index (χ1) is 3.35. The molecule has 0 amide bonds. The molecule has 0 aliphatic rings. The number of ether oxygens (including phenoxy) is 1. The van der Waals surface area contributed by atoms with Gasteiger partial charge in [0.2, 0.25) is 0 Å². The molecule has 0 unspecified atom stereocenters. The molecule has 0 bridgehead atoms. The van der Waals surface area contributed by atoms with Crippen LogP contribution in [0.25, 0.3) is 0 Å². The molecule has 0 aromatic carbocycles. The molecule has 2 N–H and O–H groups in total. The first kappa shape index (κ1) is 6.34. The highest BCUT2D eigenvalue weighted by molar-refractivity contribution is 4.86. The summed E-state index contributed by atoms with van der Waals surface area (Å²) in [5.74, 6) is 0.833. The summed E-state index contributed by atoms with van der Waals surface area (Å²) in [6, 6.07) is 0. The zero-order valence-corrected chi connectivity index (χ0v) is 4.77. The van der Waals surface area contributed by atoms with E-state index in [1.54, 1.807) is 7.11 Å². The van der Waals surface area contributed by atoms with Crippen LogP contribution in [0.3, 0.4) is 0 Å². The van der Waals surface area contributed by atoms with Crippen LogP contribution in [0.2, 0.25) is 0 Å². The summed E-state index contributed by atoms with van der Waals surface area (Å²) < 4.78 is 4.78. The van der Waals surface area contributed by atoms with Crippen molar-refractivity contribution < 1.29 is 4.74 Å². The lowest BCUT2D eigenvalue weighted by Gasteiger charge is -1.97. The fraction of sp³-hybridized carbons (Fsp3) is 0.600. The van der Waals surface area contributed by atoms with Gasteiger partial charge in [-0.3, -0.25) is 0 Å². The van der Waals surface area contributed by atoms with Crippen molar-refractivity contribution in [3.8, 4) is 0 Å². The molecule has 0 heterocycles. The van der Waals surface area contributed by atoms with Crippen LogP contribution < -0.4 is 5.73 Å². The van der Waals surface area contributed by atoms with Crippen LogP contribution in [-0.4, -0.2) is 7.11 Å². The van der Waals surface area contributed by atoms with Crippen molar-refractivity contribution in [1.82, 2.24) is 0 Å². The molecule has 0 aromatic heterocycles. The molecule has 2 heteroatoms. The Morgan fingerprint density at radius 3 is 2.43 bits per heavy atom. The summed E-state index contributed by atoms with van der Waals surface area (Å²) in [6.07, 6.45) is 2.34. The molecule has 0 saturated heterocycles. The standard InChI is InChI=1S/C5H11NO/c1-3-5(4-6)7-2/h4H,3,6H2,1-2H3/b5-4+. The fourth-order valence-corrected chi connectivity index (χ4v) is 0.330. The van der Waals surface area contributed by atoms with Crippen molar-refractivity contribution in [2.45, 2.75) is 13.3 Å². The lowest BCUT2D eigenvalue weighted by atomic mass is 10.4. The first-order valence-corrected chi connectivity index (χ1v) is 2.30. The molecule has 2 nitrogen and oxygen atoms in total. The Kier molecular flexibility index (Phi) is 3.19. The Morgan fingerprint density at radius 2 is 2.43 bits per heavy atom. The molecule has 0 rings (SSSR count). The van der Waals surface area contributed by atoms with Gasteiger partial charge in [0, 0.05) is 12.6 Å². The monoisotopic (exact) mass is 101 g/mol. The highest BCUT2D eigenvalue weighted by Gasteiger charge is 1.83.